The van der Waals surface area contributed by atoms with E-state index in [-0.39, 0.29) is 44.0 Å². The molecular weight excluding hydrogens is 435 g/mol. The monoisotopic (exact) mass is 455 g/mol. The van der Waals surface area contributed by atoms with Gasteiger partial charge in [0, 0.05) is 26.2 Å². The van der Waals surface area contributed by atoms with Crippen LogP contribution in [0.3, 0.4) is 0 Å². The number of hydrogen-bond acceptors (Lipinski definition) is 4. The van der Waals surface area contributed by atoms with E-state index in [0.29, 0.717) is 11.6 Å². The highest BCUT2D eigenvalue weighted by molar-refractivity contribution is 7.89. The van der Waals surface area contributed by atoms with Crippen molar-refractivity contribution in [2.24, 2.45) is 0 Å². The van der Waals surface area contributed by atoms with Gasteiger partial charge in [0.05, 0.1) is 17.9 Å². The molecule has 1 heterocycles. The third-order valence-corrected chi connectivity index (χ3v) is 6.71. The van der Waals surface area contributed by atoms with Crippen LogP contribution in [0.15, 0.2) is 47.4 Å². The van der Waals surface area contributed by atoms with Gasteiger partial charge in [0.15, 0.2) is 11.6 Å². The van der Waals surface area contributed by atoms with Crippen LogP contribution in [-0.2, 0) is 26.0 Å². The molecule has 11 heteroatoms. The first kappa shape index (κ1) is 22.8. The number of piperazine rings is 1. The summed E-state index contributed by atoms with van der Waals surface area (Å²) in [5.41, 5.74) is 0.473. The molecule has 2 aromatic rings. The Morgan fingerprint density at radius 2 is 1.65 bits per heavy atom. The van der Waals surface area contributed by atoms with Crippen LogP contribution in [0, 0.1) is 17.5 Å². The Kier molecular flexibility index (Phi) is 6.96. The summed E-state index contributed by atoms with van der Waals surface area (Å²) in [6, 6.07) is 7.92. The predicted molar refractivity (Wildman–Crippen MR) is 105 cm³/mol. The fourth-order valence-electron chi connectivity index (χ4n) is 3.15. The van der Waals surface area contributed by atoms with E-state index in [1.165, 1.54) is 23.1 Å². The molecule has 0 saturated carbocycles. The number of carbonyl (C=O) groups is 2. The standard InChI is InChI=1S/C20H20F3N3O4S/c21-15-3-1-2-14(10-15)11-19(27)24-13-20(28)25-6-8-26(9-7-25)31(29,30)16-4-5-17(22)18(23)12-16/h1-5,10,12H,6-9,11,13H2,(H,24,27). The van der Waals surface area contributed by atoms with Gasteiger partial charge in [0.25, 0.3) is 0 Å². The number of hydrogen-bond donors (Lipinski definition) is 1. The van der Waals surface area contributed by atoms with Crippen LogP contribution < -0.4 is 5.32 Å². The van der Waals surface area contributed by atoms with Crippen molar-refractivity contribution in [2.75, 3.05) is 32.7 Å². The number of rotatable bonds is 6. The molecule has 0 spiro atoms. The van der Waals surface area contributed by atoms with Crippen LogP contribution in [-0.4, -0.2) is 62.2 Å². The zero-order chi connectivity index (χ0) is 22.6. The highest BCUT2D eigenvalue weighted by Crippen LogP contribution is 2.20. The predicted octanol–water partition coefficient (Wildman–Crippen LogP) is 1.30. The number of carbonyl (C=O) groups excluding carboxylic acids is 2. The number of sulfonamides is 1. The quantitative estimate of drug-likeness (QED) is 0.712. The summed E-state index contributed by atoms with van der Waals surface area (Å²) >= 11 is 0. The van der Waals surface area contributed by atoms with E-state index in [4.69, 9.17) is 0 Å². The van der Waals surface area contributed by atoms with Crippen molar-refractivity contribution in [3.8, 4) is 0 Å². The molecule has 0 atom stereocenters. The number of amides is 2. The second kappa shape index (κ2) is 9.48. The van der Waals surface area contributed by atoms with Crippen molar-refractivity contribution in [3.05, 3.63) is 65.5 Å². The van der Waals surface area contributed by atoms with Gasteiger partial charge in [0.2, 0.25) is 21.8 Å². The molecule has 31 heavy (non-hydrogen) atoms. The van der Waals surface area contributed by atoms with Gasteiger partial charge in [-0.1, -0.05) is 12.1 Å². The number of halogens is 3. The second-order valence-corrected chi connectivity index (χ2v) is 8.88. The largest absolute Gasteiger partial charge is 0.347 e. The molecule has 0 aromatic heterocycles. The van der Waals surface area contributed by atoms with Gasteiger partial charge in [-0.2, -0.15) is 4.31 Å². The van der Waals surface area contributed by atoms with Crippen LogP contribution in [0.1, 0.15) is 5.56 Å². The third kappa shape index (κ3) is 5.61. The third-order valence-electron chi connectivity index (χ3n) is 4.81. The minimum absolute atomic E-state index is 0.0235. The van der Waals surface area contributed by atoms with Crippen molar-refractivity contribution in [3.63, 3.8) is 0 Å². The van der Waals surface area contributed by atoms with Crippen LogP contribution in [0.5, 0.6) is 0 Å². The fourth-order valence-corrected chi connectivity index (χ4v) is 4.58. The van der Waals surface area contributed by atoms with Gasteiger partial charge in [0.1, 0.15) is 5.82 Å². The molecular formula is C20H20F3N3O4S. The summed E-state index contributed by atoms with van der Waals surface area (Å²) in [7, 11) is -4.03. The Morgan fingerprint density at radius 3 is 2.29 bits per heavy atom. The summed E-state index contributed by atoms with van der Waals surface area (Å²) in [6.45, 7) is -0.151. The lowest BCUT2D eigenvalue weighted by molar-refractivity contribution is -0.133. The molecule has 1 aliphatic rings. The van der Waals surface area contributed by atoms with Gasteiger partial charge in [-0.25, -0.2) is 21.6 Å². The lowest BCUT2D eigenvalue weighted by atomic mass is 10.1. The summed E-state index contributed by atoms with van der Waals surface area (Å²) in [5.74, 6) is -3.70. The second-order valence-electron chi connectivity index (χ2n) is 6.94. The minimum atomic E-state index is -4.03. The van der Waals surface area contributed by atoms with E-state index < -0.39 is 39.3 Å². The molecule has 1 N–H and O–H groups in total. The van der Waals surface area contributed by atoms with Crippen LogP contribution in [0.25, 0.3) is 0 Å². The van der Waals surface area contributed by atoms with Crippen molar-refractivity contribution < 1.29 is 31.2 Å². The minimum Gasteiger partial charge on any atom is -0.347 e. The van der Waals surface area contributed by atoms with E-state index in [9.17, 15) is 31.2 Å². The maximum absolute atomic E-state index is 13.4. The molecule has 166 valence electrons. The Morgan fingerprint density at radius 1 is 0.935 bits per heavy atom. The van der Waals surface area contributed by atoms with Crippen LogP contribution >= 0.6 is 0 Å². The summed E-state index contributed by atoms with van der Waals surface area (Å²) < 4.78 is 65.9. The summed E-state index contributed by atoms with van der Waals surface area (Å²) in [5, 5.41) is 2.46. The Balaban J connectivity index is 1.50. The average Bonchev–Trinajstić information content (AvgIpc) is 2.74. The van der Waals surface area contributed by atoms with Gasteiger partial charge in [-0.3, -0.25) is 9.59 Å². The number of nitrogens with one attached hydrogen (secondary N) is 1. The summed E-state index contributed by atoms with van der Waals surface area (Å²) in [6.07, 6.45) is -0.0781. The van der Waals surface area contributed by atoms with E-state index >= 15 is 0 Å². The molecule has 0 bridgehead atoms. The lowest BCUT2D eigenvalue weighted by Crippen LogP contribution is -2.52. The van der Waals surface area contributed by atoms with Gasteiger partial charge in [-0.15, -0.1) is 0 Å². The smallest absolute Gasteiger partial charge is 0.243 e. The van der Waals surface area contributed by atoms with Crippen molar-refractivity contribution >= 4 is 21.8 Å². The topological polar surface area (TPSA) is 86.8 Å². The van der Waals surface area contributed by atoms with E-state index in [1.807, 2.05) is 0 Å². The van der Waals surface area contributed by atoms with Crippen molar-refractivity contribution in [1.82, 2.24) is 14.5 Å². The Bertz CT molecular complexity index is 1090. The molecule has 7 nitrogen and oxygen atoms in total. The highest BCUT2D eigenvalue weighted by Gasteiger charge is 2.30. The highest BCUT2D eigenvalue weighted by atomic mass is 32.2. The zero-order valence-corrected chi connectivity index (χ0v) is 17.2. The van der Waals surface area contributed by atoms with E-state index in [1.54, 1.807) is 6.07 Å². The number of benzene rings is 2. The maximum atomic E-state index is 13.4. The molecule has 3 rings (SSSR count). The zero-order valence-electron chi connectivity index (χ0n) is 16.4. The fraction of sp³-hybridized carbons (Fsp3) is 0.300. The van der Waals surface area contributed by atoms with E-state index in [0.717, 1.165) is 16.4 Å². The van der Waals surface area contributed by atoms with Gasteiger partial charge in [-0.05, 0) is 35.9 Å². The SMILES string of the molecule is O=C(Cc1cccc(F)c1)NCC(=O)N1CCN(S(=O)(=O)c2ccc(F)c(F)c2)CC1. The molecule has 2 amide bonds. The first-order valence-corrected chi connectivity index (χ1v) is 10.8. The summed E-state index contributed by atoms with van der Waals surface area (Å²) in [4.78, 5) is 25.3. The average molecular weight is 455 g/mol. The molecule has 0 unspecified atom stereocenters. The maximum Gasteiger partial charge on any atom is 0.243 e. The van der Waals surface area contributed by atoms with Crippen LogP contribution in [0.4, 0.5) is 13.2 Å². The first-order chi connectivity index (χ1) is 14.7. The lowest BCUT2D eigenvalue weighted by Gasteiger charge is -2.34. The van der Waals surface area contributed by atoms with Gasteiger partial charge >= 0.3 is 0 Å². The molecule has 0 aliphatic carbocycles. The molecule has 1 aliphatic heterocycles. The van der Waals surface area contributed by atoms with Crippen LogP contribution in [0.2, 0.25) is 0 Å². The molecule has 2 aromatic carbocycles. The van der Waals surface area contributed by atoms with Crippen molar-refractivity contribution in [1.29, 1.82) is 0 Å². The van der Waals surface area contributed by atoms with Crippen molar-refractivity contribution in [2.45, 2.75) is 11.3 Å². The molecule has 0 radical (unpaired) electrons. The molecule has 1 saturated heterocycles. The Hall–Kier alpha value is -2.92. The molecule has 1 fully saturated rings. The van der Waals surface area contributed by atoms with E-state index in [2.05, 4.69) is 5.32 Å². The number of nitrogens with zero attached hydrogens (tertiary/aromatic N) is 2. The normalized spacial score (nSPS) is 15.0. The first-order valence-electron chi connectivity index (χ1n) is 9.41. The van der Waals surface area contributed by atoms with Gasteiger partial charge < -0.3 is 10.2 Å². The Labute approximate surface area is 177 Å².